The van der Waals surface area contributed by atoms with E-state index in [1.54, 1.807) is 7.11 Å². The lowest BCUT2D eigenvalue weighted by Crippen LogP contribution is -2.55. The van der Waals surface area contributed by atoms with Crippen molar-refractivity contribution in [3.63, 3.8) is 0 Å². The number of para-hydroxylation sites is 1. The van der Waals surface area contributed by atoms with Crippen LogP contribution in [-0.4, -0.2) is 12.2 Å². The van der Waals surface area contributed by atoms with Gasteiger partial charge in [0.1, 0.15) is 11.4 Å². The molecule has 0 aliphatic carbocycles. The summed E-state index contributed by atoms with van der Waals surface area (Å²) in [6.07, 6.45) is 0. The second-order valence-electron chi connectivity index (χ2n) is 8.05. The highest BCUT2D eigenvalue weighted by atomic mass is 35.5. The molecule has 3 nitrogen and oxygen atoms in total. The number of nitrogens with one attached hydrogen (secondary N) is 1. The lowest BCUT2D eigenvalue weighted by Gasteiger charge is -2.52. The molecule has 3 aromatic rings. The van der Waals surface area contributed by atoms with Crippen LogP contribution < -0.4 is 10.1 Å². The molecular formula is C26H30ClNO2. The van der Waals surface area contributed by atoms with E-state index in [2.05, 4.69) is 67.7 Å². The smallest absolute Gasteiger partial charge is 0.124 e. The topological polar surface area (TPSA) is 41.5 Å². The molecule has 1 heterocycles. The summed E-state index contributed by atoms with van der Waals surface area (Å²) in [7, 11) is 1.67. The third-order valence-electron chi connectivity index (χ3n) is 6.60. The maximum atomic E-state index is 12.3. The largest absolute Gasteiger partial charge is 0.496 e. The van der Waals surface area contributed by atoms with Crippen molar-refractivity contribution in [2.75, 3.05) is 7.11 Å². The van der Waals surface area contributed by atoms with Gasteiger partial charge >= 0.3 is 0 Å². The van der Waals surface area contributed by atoms with Gasteiger partial charge < -0.3 is 15.2 Å². The zero-order chi connectivity index (χ0) is 20.4. The average Bonchev–Trinajstić information content (AvgIpc) is 2.79. The van der Waals surface area contributed by atoms with Gasteiger partial charge in [-0.3, -0.25) is 0 Å². The molecule has 30 heavy (non-hydrogen) atoms. The van der Waals surface area contributed by atoms with Crippen LogP contribution in [0.1, 0.15) is 42.6 Å². The maximum Gasteiger partial charge on any atom is 0.124 e. The molecule has 0 saturated carbocycles. The predicted octanol–water partition coefficient (Wildman–Crippen LogP) is 5.66. The first kappa shape index (κ1) is 22.4. The second kappa shape index (κ2) is 9.22. The van der Waals surface area contributed by atoms with Gasteiger partial charge in [0.05, 0.1) is 7.11 Å². The molecule has 2 N–H and O–H groups in total. The zero-order valence-corrected chi connectivity index (χ0v) is 18.5. The number of hydrogen-bond acceptors (Lipinski definition) is 3. The fraction of sp³-hybridized carbons (Fsp3) is 0.308. The highest BCUT2D eigenvalue weighted by Crippen LogP contribution is 2.53. The minimum absolute atomic E-state index is 0. The first-order chi connectivity index (χ1) is 14.1. The van der Waals surface area contributed by atoms with E-state index in [0.29, 0.717) is 0 Å². The molecule has 1 aliphatic heterocycles. The Morgan fingerprint density at radius 3 is 1.63 bits per heavy atom. The van der Waals surface area contributed by atoms with Gasteiger partial charge in [-0.25, -0.2) is 0 Å². The molecular weight excluding hydrogens is 394 g/mol. The van der Waals surface area contributed by atoms with Gasteiger partial charge in [-0.15, -0.1) is 12.4 Å². The number of hydrogen-bond donors (Lipinski definition) is 2. The van der Waals surface area contributed by atoms with Crippen molar-refractivity contribution in [3.05, 3.63) is 102 Å². The predicted molar refractivity (Wildman–Crippen MR) is 124 cm³/mol. The van der Waals surface area contributed by atoms with Crippen LogP contribution in [-0.2, 0) is 5.60 Å². The summed E-state index contributed by atoms with van der Waals surface area (Å²) in [6, 6.07) is 28.7. The van der Waals surface area contributed by atoms with Gasteiger partial charge in [0.25, 0.3) is 0 Å². The van der Waals surface area contributed by atoms with E-state index in [4.69, 9.17) is 4.74 Å². The Bertz CT molecular complexity index is 896. The van der Waals surface area contributed by atoms with Crippen molar-refractivity contribution < 1.29 is 9.84 Å². The van der Waals surface area contributed by atoms with Crippen molar-refractivity contribution in [2.45, 2.75) is 31.5 Å². The quantitative estimate of drug-likeness (QED) is 0.568. The van der Waals surface area contributed by atoms with Crippen LogP contribution in [0.25, 0.3) is 0 Å². The van der Waals surface area contributed by atoms with E-state index in [1.807, 2.05) is 36.4 Å². The Hall–Kier alpha value is -2.33. The molecule has 1 fully saturated rings. The Labute approximate surface area is 185 Å². The van der Waals surface area contributed by atoms with Crippen molar-refractivity contribution >= 4 is 12.4 Å². The second-order valence-corrected chi connectivity index (χ2v) is 8.05. The van der Waals surface area contributed by atoms with E-state index < -0.39 is 5.60 Å². The summed E-state index contributed by atoms with van der Waals surface area (Å²) >= 11 is 0. The van der Waals surface area contributed by atoms with Crippen molar-refractivity contribution in [3.8, 4) is 5.75 Å². The van der Waals surface area contributed by atoms with Crippen LogP contribution in [0.5, 0.6) is 5.75 Å². The van der Waals surface area contributed by atoms with E-state index in [0.717, 1.165) is 11.3 Å². The number of ether oxygens (including phenoxy) is 1. The molecule has 4 rings (SSSR count). The first-order valence-electron chi connectivity index (χ1n) is 10.3. The maximum absolute atomic E-state index is 12.3. The van der Waals surface area contributed by atoms with Crippen LogP contribution in [0.3, 0.4) is 0 Å². The molecule has 0 amide bonds. The number of rotatable bonds is 4. The summed E-state index contributed by atoms with van der Waals surface area (Å²) in [4.78, 5) is 0. The van der Waals surface area contributed by atoms with Gasteiger partial charge in [0, 0.05) is 29.5 Å². The molecule has 0 radical (unpaired) electrons. The van der Waals surface area contributed by atoms with Gasteiger partial charge in [0.2, 0.25) is 0 Å². The lowest BCUT2D eigenvalue weighted by molar-refractivity contribution is -0.119. The Kier molecular flexibility index (Phi) is 6.87. The fourth-order valence-corrected chi connectivity index (χ4v) is 4.96. The molecule has 0 bridgehead atoms. The third-order valence-corrected chi connectivity index (χ3v) is 6.60. The van der Waals surface area contributed by atoms with Crippen LogP contribution in [0.4, 0.5) is 0 Å². The SMILES string of the molecule is COc1ccccc1C1(O)C(C)C(c2ccccc2)NC(c2ccccc2)C1C.Cl. The Morgan fingerprint density at radius 2 is 1.17 bits per heavy atom. The number of aliphatic hydroxyl groups is 1. The molecule has 0 aromatic heterocycles. The standard InChI is InChI=1S/C26H29NO2.ClH/c1-18-24(20-12-6-4-7-13-20)27-25(21-14-8-5-9-15-21)19(2)26(18,28)22-16-10-11-17-23(22)29-3;/h4-19,24-25,27-28H,1-3H3;1H. The van der Waals surface area contributed by atoms with E-state index in [-0.39, 0.29) is 36.3 Å². The van der Waals surface area contributed by atoms with Gasteiger partial charge in [-0.1, -0.05) is 92.7 Å². The Morgan fingerprint density at radius 1 is 0.733 bits per heavy atom. The van der Waals surface area contributed by atoms with E-state index >= 15 is 0 Å². The van der Waals surface area contributed by atoms with Crippen molar-refractivity contribution in [2.24, 2.45) is 11.8 Å². The number of methoxy groups -OCH3 is 1. The summed E-state index contributed by atoms with van der Waals surface area (Å²) in [5.74, 6) is 0.613. The highest BCUT2D eigenvalue weighted by Gasteiger charge is 2.53. The number of halogens is 1. The van der Waals surface area contributed by atoms with E-state index in [9.17, 15) is 5.11 Å². The van der Waals surface area contributed by atoms with Gasteiger partial charge in [-0.2, -0.15) is 0 Å². The first-order valence-corrected chi connectivity index (χ1v) is 10.3. The number of benzene rings is 3. The summed E-state index contributed by atoms with van der Waals surface area (Å²) < 4.78 is 5.66. The monoisotopic (exact) mass is 423 g/mol. The summed E-state index contributed by atoms with van der Waals surface area (Å²) in [5.41, 5.74) is 2.16. The molecule has 1 saturated heterocycles. The Balaban J connectivity index is 0.00000256. The van der Waals surface area contributed by atoms with Crippen LogP contribution in [0.15, 0.2) is 84.9 Å². The minimum atomic E-state index is -1.06. The molecule has 4 atom stereocenters. The summed E-state index contributed by atoms with van der Waals surface area (Å²) in [6.45, 7) is 4.27. The van der Waals surface area contributed by atoms with Gasteiger partial charge in [-0.05, 0) is 17.2 Å². The molecule has 1 aliphatic rings. The average molecular weight is 424 g/mol. The van der Waals surface area contributed by atoms with Crippen LogP contribution in [0, 0.1) is 11.8 Å². The molecule has 4 heteroatoms. The van der Waals surface area contributed by atoms with Crippen LogP contribution in [0.2, 0.25) is 0 Å². The van der Waals surface area contributed by atoms with E-state index in [1.165, 1.54) is 11.1 Å². The van der Waals surface area contributed by atoms with Crippen molar-refractivity contribution in [1.29, 1.82) is 0 Å². The van der Waals surface area contributed by atoms with Gasteiger partial charge in [0.15, 0.2) is 0 Å². The minimum Gasteiger partial charge on any atom is -0.496 e. The normalized spacial score (nSPS) is 28.4. The summed E-state index contributed by atoms with van der Waals surface area (Å²) in [5, 5.41) is 16.2. The zero-order valence-electron chi connectivity index (χ0n) is 17.7. The third kappa shape index (κ3) is 3.74. The van der Waals surface area contributed by atoms with Crippen LogP contribution >= 0.6 is 12.4 Å². The molecule has 4 unspecified atom stereocenters. The molecule has 0 spiro atoms. The highest BCUT2D eigenvalue weighted by molar-refractivity contribution is 5.85. The molecule has 158 valence electrons. The lowest BCUT2D eigenvalue weighted by atomic mass is 9.63. The fourth-order valence-electron chi connectivity index (χ4n) is 4.96. The van der Waals surface area contributed by atoms with Crippen molar-refractivity contribution in [1.82, 2.24) is 5.32 Å². The number of piperidine rings is 1. The molecule has 3 aromatic carbocycles.